The van der Waals surface area contributed by atoms with Gasteiger partial charge in [0.15, 0.2) is 0 Å². The molecule has 0 atom stereocenters. The van der Waals surface area contributed by atoms with Crippen molar-refractivity contribution in [1.29, 1.82) is 0 Å². The number of methoxy groups -OCH3 is 1. The van der Waals surface area contributed by atoms with Crippen molar-refractivity contribution >= 4 is 23.0 Å². The van der Waals surface area contributed by atoms with E-state index in [9.17, 15) is 19.3 Å². The zero-order valence-corrected chi connectivity index (χ0v) is 13.1. The zero-order chi connectivity index (χ0) is 17.7. The minimum Gasteiger partial charge on any atom is -0.495 e. The van der Waals surface area contributed by atoms with E-state index >= 15 is 0 Å². The van der Waals surface area contributed by atoms with E-state index in [1.165, 1.54) is 14.0 Å². The zero-order valence-electron chi connectivity index (χ0n) is 13.1. The molecule has 0 aliphatic rings. The van der Waals surface area contributed by atoms with Crippen molar-refractivity contribution in [3.8, 4) is 5.75 Å². The maximum Gasteiger partial charge on any atom is 0.274 e. The molecule has 0 unspecified atom stereocenters. The highest BCUT2D eigenvalue weighted by molar-refractivity contribution is 5.89. The SMILES string of the molecule is COc1ccc(NC(C)=O)cc1NCc1cc(F)ccc1[N+](=O)[O-]. The van der Waals surface area contributed by atoms with Gasteiger partial charge in [-0.25, -0.2) is 4.39 Å². The number of rotatable bonds is 6. The third-order valence-electron chi connectivity index (χ3n) is 3.23. The first-order valence-electron chi connectivity index (χ1n) is 7.03. The molecule has 0 aliphatic heterocycles. The average Bonchev–Trinajstić information content (AvgIpc) is 2.52. The summed E-state index contributed by atoms with van der Waals surface area (Å²) in [6.07, 6.45) is 0. The van der Waals surface area contributed by atoms with Crippen LogP contribution in [0.4, 0.5) is 21.5 Å². The van der Waals surface area contributed by atoms with Crippen LogP contribution in [-0.2, 0) is 11.3 Å². The minimum atomic E-state index is -0.568. The topological polar surface area (TPSA) is 93.5 Å². The van der Waals surface area contributed by atoms with Gasteiger partial charge in [-0.15, -0.1) is 0 Å². The van der Waals surface area contributed by atoms with Crippen LogP contribution in [0.1, 0.15) is 12.5 Å². The molecule has 126 valence electrons. The van der Waals surface area contributed by atoms with E-state index in [4.69, 9.17) is 4.74 Å². The number of nitro benzene ring substituents is 1. The van der Waals surface area contributed by atoms with Crippen molar-refractivity contribution in [2.24, 2.45) is 0 Å². The van der Waals surface area contributed by atoms with Gasteiger partial charge in [0.2, 0.25) is 5.91 Å². The second kappa shape index (κ2) is 7.40. The molecular formula is C16H16FN3O4. The van der Waals surface area contributed by atoms with E-state index in [-0.39, 0.29) is 23.7 Å². The number of nitrogens with zero attached hydrogens (tertiary/aromatic N) is 1. The highest BCUT2D eigenvalue weighted by atomic mass is 19.1. The predicted molar refractivity (Wildman–Crippen MR) is 87.7 cm³/mol. The number of ether oxygens (including phenoxy) is 1. The van der Waals surface area contributed by atoms with Crippen molar-refractivity contribution < 1.29 is 18.8 Å². The van der Waals surface area contributed by atoms with E-state index in [1.54, 1.807) is 18.2 Å². The van der Waals surface area contributed by atoms with E-state index < -0.39 is 10.7 Å². The van der Waals surface area contributed by atoms with Crippen molar-refractivity contribution in [2.45, 2.75) is 13.5 Å². The van der Waals surface area contributed by atoms with Crippen LogP contribution < -0.4 is 15.4 Å². The lowest BCUT2D eigenvalue weighted by Crippen LogP contribution is -2.08. The van der Waals surface area contributed by atoms with Gasteiger partial charge in [0.25, 0.3) is 5.69 Å². The molecule has 24 heavy (non-hydrogen) atoms. The lowest BCUT2D eigenvalue weighted by molar-refractivity contribution is -0.385. The molecule has 0 bridgehead atoms. The Kier molecular flexibility index (Phi) is 5.31. The van der Waals surface area contributed by atoms with Crippen molar-refractivity contribution in [3.05, 3.63) is 57.9 Å². The molecule has 0 saturated carbocycles. The van der Waals surface area contributed by atoms with Crippen molar-refractivity contribution in [3.63, 3.8) is 0 Å². The van der Waals surface area contributed by atoms with Crippen LogP contribution >= 0.6 is 0 Å². The van der Waals surface area contributed by atoms with Crippen LogP contribution in [0.25, 0.3) is 0 Å². The minimum absolute atomic E-state index is 0.0218. The number of amides is 1. The molecule has 8 heteroatoms. The van der Waals surface area contributed by atoms with Crippen LogP contribution in [0.15, 0.2) is 36.4 Å². The fourth-order valence-corrected chi connectivity index (χ4v) is 2.19. The normalized spacial score (nSPS) is 10.1. The summed E-state index contributed by atoms with van der Waals surface area (Å²) in [4.78, 5) is 21.6. The average molecular weight is 333 g/mol. The summed E-state index contributed by atoms with van der Waals surface area (Å²) < 4.78 is 18.6. The first-order valence-corrected chi connectivity index (χ1v) is 7.03. The Hall–Kier alpha value is -3.16. The van der Waals surface area contributed by atoms with Crippen molar-refractivity contribution in [1.82, 2.24) is 0 Å². The Morgan fingerprint density at radius 1 is 1.29 bits per heavy atom. The van der Waals surface area contributed by atoms with Gasteiger partial charge >= 0.3 is 0 Å². The van der Waals surface area contributed by atoms with Gasteiger partial charge in [0.1, 0.15) is 11.6 Å². The van der Waals surface area contributed by atoms with Gasteiger partial charge in [-0.1, -0.05) is 0 Å². The number of nitrogens with one attached hydrogen (secondary N) is 2. The standard InChI is InChI=1S/C16H16FN3O4/c1-10(21)19-13-4-6-16(24-2)14(8-13)18-9-11-7-12(17)3-5-15(11)20(22)23/h3-8,18H,9H2,1-2H3,(H,19,21). The summed E-state index contributed by atoms with van der Waals surface area (Å²) in [5, 5.41) is 16.6. The fraction of sp³-hybridized carbons (Fsp3) is 0.188. The quantitative estimate of drug-likeness (QED) is 0.625. The van der Waals surface area contributed by atoms with Gasteiger partial charge in [-0.2, -0.15) is 0 Å². The number of halogens is 1. The molecule has 2 N–H and O–H groups in total. The highest BCUT2D eigenvalue weighted by Crippen LogP contribution is 2.29. The summed E-state index contributed by atoms with van der Waals surface area (Å²) in [5.74, 6) is -0.300. The van der Waals surface area contributed by atoms with E-state index in [0.717, 1.165) is 18.2 Å². The molecule has 2 aromatic rings. The first-order chi connectivity index (χ1) is 11.4. The number of carbonyl (C=O) groups is 1. The highest BCUT2D eigenvalue weighted by Gasteiger charge is 2.15. The van der Waals surface area contributed by atoms with Gasteiger partial charge in [-0.3, -0.25) is 14.9 Å². The summed E-state index contributed by atoms with van der Waals surface area (Å²) >= 11 is 0. The second-order valence-corrected chi connectivity index (χ2v) is 4.98. The summed E-state index contributed by atoms with van der Waals surface area (Å²) in [6, 6.07) is 8.21. The molecular weight excluding hydrogens is 317 g/mol. The lowest BCUT2D eigenvalue weighted by Gasteiger charge is -2.13. The molecule has 0 aromatic heterocycles. The van der Waals surface area contributed by atoms with Gasteiger partial charge in [0.05, 0.1) is 23.3 Å². The maximum atomic E-state index is 13.4. The Morgan fingerprint density at radius 3 is 2.67 bits per heavy atom. The van der Waals surface area contributed by atoms with Crippen molar-refractivity contribution in [2.75, 3.05) is 17.7 Å². The molecule has 0 saturated heterocycles. The first kappa shape index (κ1) is 17.2. The number of hydrogen-bond donors (Lipinski definition) is 2. The van der Waals surface area contributed by atoms with Gasteiger partial charge in [-0.05, 0) is 30.3 Å². The van der Waals surface area contributed by atoms with E-state index in [0.29, 0.717) is 17.1 Å². The predicted octanol–water partition coefficient (Wildman–Crippen LogP) is 3.31. The largest absolute Gasteiger partial charge is 0.495 e. The number of carbonyl (C=O) groups excluding carboxylic acids is 1. The molecule has 2 aromatic carbocycles. The Bertz CT molecular complexity index is 780. The number of anilines is 2. The van der Waals surface area contributed by atoms with Crippen LogP contribution in [0.3, 0.4) is 0 Å². The molecule has 0 heterocycles. The monoisotopic (exact) mass is 333 g/mol. The summed E-state index contributed by atoms with van der Waals surface area (Å²) in [5.41, 5.74) is 1.08. The molecule has 0 radical (unpaired) electrons. The molecule has 1 amide bonds. The Balaban J connectivity index is 2.26. The Labute approximate surface area is 137 Å². The fourth-order valence-electron chi connectivity index (χ4n) is 2.19. The second-order valence-electron chi connectivity index (χ2n) is 4.98. The summed E-state index contributed by atoms with van der Waals surface area (Å²) in [6.45, 7) is 1.40. The number of benzene rings is 2. The molecule has 7 nitrogen and oxygen atoms in total. The van der Waals surface area contributed by atoms with Crippen LogP contribution in [0.5, 0.6) is 5.75 Å². The Morgan fingerprint density at radius 2 is 2.04 bits per heavy atom. The van der Waals surface area contributed by atoms with E-state index in [1.807, 2.05) is 0 Å². The number of nitro groups is 1. The van der Waals surface area contributed by atoms with Crippen LogP contribution in [0.2, 0.25) is 0 Å². The van der Waals surface area contributed by atoms with Gasteiger partial charge in [0, 0.05) is 25.2 Å². The summed E-state index contributed by atoms with van der Waals surface area (Å²) in [7, 11) is 1.48. The molecule has 2 rings (SSSR count). The van der Waals surface area contributed by atoms with Gasteiger partial charge < -0.3 is 15.4 Å². The molecule has 0 aliphatic carbocycles. The number of hydrogen-bond acceptors (Lipinski definition) is 5. The lowest BCUT2D eigenvalue weighted by atomic mass is 10.1. The maximum absolute atomic E-state index is 13.4. The smallest absolute Gasteiger partial charge is 0.274 e. The molecule has 0 spiro atoms. The van der Waals surface area contributed by atoms with Crippen LogP contribution in [0, 0.1) is 15.9 Å². The van der Waals surface area contributed by atoms with Crippen LogP contribution in [-0.4, -0.2) is 17.9 Å². The molecule has 0 fully saturated rings. The third-order valence-corrected chi connectivity index (χ3v) is 3.23. The third kappa shape index (κ3) is 4.19. The van der Waals surface area contributed by atoms with E-state index in [2.05, 4.69) is 10.6 Å².